The molecule has 10 heavy (non-hydrogen) atoms. The third-order valence-corrected chi connectivity index (χ3v) is 1.79. The lowest BCUT2D eigenvalue weighted by Crippen LogP contribution is -2.24. The van der Waals surface area contributed by atoms with Crippen molar-refractivity contribution in [1.82, 2.24) is 5.06 Å². The van der Waals surface area contributed by atoms with Gasteiger partial charge in [0.2, 0.25) is 0 Å². The third kappa shape index (κ3) is 1.95. The van der Waals surface area contributed by atoms with Crippen molar-refractivity contribution in [3.8, 4) is 0 Å². The summed E-state index contributed by atoms with van der Waals surface area (Å²) < 4.78 is 0. The van der Waals surface area contributed by atoms with Crippen molar-refractivity contribution >= 4 is 21.8 Å². The number of alkyl halides is 1. The van der Waals surface area contributed by atoms with Crippen LogP contribution in [0.3, 0.4) is 0 Å². The minimum atomic E-state index is -0.0130. The van der Waals surface area contributed by atoms with Crippen LogP contribution in [0.5, 0.6) is 0 Å². The van der Waals surface area contributed by atoms with Gasteiger partial charge in [0, 0.05) is 11.9 Å². The van der Waals surface area contributed by atoms with Crippen molar-refractivity contribution in [1.29, 1.82) is 0 Å². The van der Waals surface area contributed by atoms with E-state index in [1.807, 2.05) is 0 Å². The molecule has 1 amide bonds. The number of hydroxylamine groups is 2. The lowest BCUT2D eigenvalue weighted by molar-refractivity contribution is -0.161. The molecule has 1 heterocycles. The van der Waals surface area contributed by atoms with Crippen molar-refractivity contribution in [2.24, 2.45) is 0 Å². The monoisotopic (exact) mass is 206 g/mol. The summed E-state index contributed by atoms with van der Waals surface area (Å²) in [5, 5.41) is 2.29. The molecule has 1 saturated heterocycles. The highest BCUT2D eigenvalue weighted by atomic mass is 79.9. The standard InChI is InChI=1S/C6H9BrNO2/c7-3-1-4-8-6(9)2-5-10-8/h2H,1,3-5H2. The zero-order valence-electron chi connectivity index (χ0n) is 5.55. The van der Waals surface area contributed by atoms with E-state index in [1.54, 1.807) is 0 Å². The van der Waals surface area contributed by atoms with Gasteiger partial charge >= 0.3 is 0 Å². The summed E-state index contributed by atoms with van der Waals surface area (Å²) in [6, 6.07) is 0. The number of carbonyl (C=O) groups excluding carboxylic acids is 1. The fourth-order valence-corrected chi connectivity index (χ4v) is 0.993. The van der Waals surface area contributed by atoms with Gasteiger partial charge in [-0.2, -0.15) is 0 Å². The summed E-state index contributed by atoms with van der Waals surface area (Å²) in [5.74, 6) is -0.0130. The first kappa shape index (κ1) is 8.01. The second kappa shape index (κ2) is 3.93. The number of carbonyl (C=O) groups is 1. The average Bonchev–Trinajstić information content (AvgIpc) is 2.31. The Bertz CT molecular complexity index is 129. The van der Waals surface area contributed by atoms with E-state index in [-0.39, 0.29) is 5.91 Å². The van der Waals surface area contributed by atoms with Crippen molar-refractivity contribution in [3.05, 3.63) is 6.42 Å². The molecule has 0 aromatic carbocycles. The number of nitrogens with zero attached hydrogens (tertiary/aromatic N) is 1. The maximum atomic E-state index is 10.8. The Balaban J connectivity index is 2.20. The van der Waals surface area contributed by atoms with E-state index in [0.717, 1.165) is 11.8 Å². The topological polar surface area (TPSA) is 29.5 Å². The van der Waals surface area contributed by atoms with Gasteiger partial charge in [-0.15, -0.1) is 0 Å². The highest BCUT2D eigenvalue weighted by Crippen LogP contribution is 2.06. The molecule has 0 unspecified atom stereocenters. The highest BCUT2D eigenvalue weighted by molar-refractivity contribution is 9.09. The molecule has 3 nitrogen and oxygen atoms in total. The second-order valence-electron chi connectivity index (χ2n) is 1.98. The van der Waals surface area contributed by atoms with Gasteiger partial charge in [0.25, 0.3) is 5.91 Å². The Morgan fingerprint density at radius 2 is 2.60 bits per heavy atom. The Kier molecular flexibility index (Phi) is 3.15. The summed E-state index contributed by atoms with van der Waals surface area (Å²) >= 11 is 3.27. The number of rotatable bonds is 3. The third-order valence-electron chi connectivity index (χ3n) is 1.23. The number of hydrogen-bond acceptors (Lipinski definition) is 2. The van der Waals surface area contributed by atoms with Gasteiger partial charge in [-0.05, 0) is 6.42 Å². The lowest BCUT2D eigenvalue weighted by Gasteiger charge is -2.11. The van der Waals surface area contributed by atoms with Crippen LogP contribution in [-0.2, 0) is 9.63 Å². The van der Waals surface area contributed by atoms with Crippen molar-refractivity contribution in [3.63, 3.8) is 0 Å². The SMILES string of the molecule is O=C1[CH]CON1CCCBr. The quantitative estimate of drug-likeness (QED) is 0.639. The van der Waals surface area contributed by atoms with Crippen LogP contribution < -0.4 is 0 Å². The van der Waals surface area contributed by atoms with Gasteiger partial charge in [-0.3, -0.25) is 9.63 Å². The van der Waals surface area contributed by atoms with Crippen LogP contribution in [-0.4, -0.2) is 29.5 Å². The first-order chi connectivity index (χ1) is 4.84. The maximum Gasteiger partial charge on any atom is 0.252 e. The number of amides is 1. The molecule has 0 aromatic heterocycles. The van der Waals surface area contributed by atoms with Crippen LogP contribution in [0.2, 0.25) is 0 Å². The Hall–Kier alpha value is -0.0900. The molecule has 1 rings (SSSR count). The molecule has 0 spiro atoms. The van der Waals surface area contributed by atoms with Crippen LogP contribution in [0, 0.1) is 6.42 Å². The van der Waals surface area contributed by atoms with E-state index < -0.39 is 0 Å². The predicted octanol–water partition coefficient (Wildman–Crippen LogP) is 0.749. The Morgan fingerprint density at radius 3 is 3.10 bits per heavy atom. The lowest BCUT2D eigenvalue weighted by atomic mass is 10.4. The molecule has 4 heteroatoms. The van der Waals surface area contributed by atoms with E-state index in [1.165, 1.54) is 11.5 Å². The van der Waals surface area contributed by atoms with E-state index in [4.69, 9.17) is 4.84 Å². The van der Waals surface area contributed by atoms with Crippen LogP contribution in [0.25, 0.3) is 0 Å². The van der Waals surface area contributed by atoms with Crippen LogP contribution in [0.4, 0.5) is 0 Å². The zero-order valence-corrected chi connectivity index (χ0v) is 7.13. The fourth-order valence-electron chi connectivity index (χ4n) is 0.742. The molecule has 0 aromatic rings. The zero-order chi connectivity index (χ0) is 7.40. The average molecular weight is 207 g/mol. The number of halogens is 1. The summed E-state index contributed by atoms with van der Waals surface area (Å²) in [6.07, 6.45) is 2.47. The molecular weight excluding hydrogens is 198 g/mol. The fraction of sp³-hybridized carbons (Fsp3) is 0.667. The molecule has 1 fully saturated rings. The molecule has 57 valence electrons. The molecule has 1 aliphatic heterocycles. The first-order valence-electron chi connectivity index (χ1n) is 3.18. The molecule has 1 aliphatic rings. The molecule has 0 saturated carbocycles. The minimum absolute atomic E-state index is 0.0130. The summed E-state index contributed by atoms with van der Waals surface area (Å²) in [5.41, 5.74) is 0. The molecule has 1 radical (unpaired) electrons. The van der Waals surface area contributed by atoms with Crippen LogP contribution in [0.1, 0.15) is 6.42 Å². The maximum absolute atomic E-state index is 10.8. The van der Waals surface area contributed by atoms with E-state index in [9.17, 15) is 4.79 Å². The predicted molar refractivity (Wildman–Crippen MR) is 40.4 cm³/mol. The van der Waals surface area contributed by atoms with Gasteiger partial charge in [-0.25, -0.2) is 5.06 Å². The largest absolute Gasteiger partial charge is 0.272 e. The molecule has 0 N–H and O–H groups in total. The summed E-state index contributed by atoms with van der Waals surface area (Å²) in [4.78, 5) is 15.8. The van der Waals surface area contributed by atoms with Gasteiger partial charge in [0.1, 0.15) is 0 Å². The van der Waals surface area contributed by atoms with Crippen LogP contribution in [0.15, 0.2) is 0 Å². The summed E-state index contributed by atoms with van der Waals surface area (Å²) in [7, 11) is 0. The number of hydrogen-bond donors (Lipinski definition) is 0. The Labute approximate surface area is 68.4 Å². The first-order valence-corrected chi connectivity index (χ1v) is 4.30. The van der Waals surface area contributed by atoms with Gasteiger partial charge in [0.15, 0.2) is 0 Å². The van der Waals surface area contributed by atoms with Crippen molar-refractivity contribution in [2.45, 2.75) is 6.42 Å². The molecular formula is C6H9BrNO2. The van der Waals surface area contributed by atoms with Gasteiger partial charge in [0.05, 0.1) is 13.0 Å². The van der Waals surface area contributed by atoms with E-state index in [0.29, 0.717) is 13.2 Å². The minimum Gasteiger partial charge on any atom is -0.272 e. The molecule has 0 aliphatic carbocycles. The highest BCUT2D eigenvalue weighted by Gasteiger charge is 2.20. The normalized spacial score (nSPS) is 18.5. The van der Waals surface area contributed by atoms with Gasteiger partial charge in [-0.1, -0.05) is 15.9 Å². The second-order valence-corrected chi connectivity index (χ2v) is 2.78. The van der Waals surface area contributed by atoms with E-state index in [2.05, 4.69) is 15.9 Å². The van der Waals surface area contributed by atoms with Crippen LogP contribution >= 0.6 is 15.9 Å². The molecule has 0 bridgehead atoms. The smallest absolute Gasteiger partial charge is 0.252 e. The van der Waals surface area contributed by atoms with Crippen molar-refractivity contribution in [2.75, 3.05) is 18.5 Å². The van der Waals surface area contributed by atoms with Crippen molar-refractivity contribution < 1.29 is 9.63 Å². The Morgan fingerprint density at radius 1 is 1.80 bits per heavy atom. The molecule has 0 atom stereocenters. The summed E-state index contributed by atoms with van der Waals surface area (Å²) in [6.45, 7) is 1.11. The van der Waals surface area contributed by atoms with Gasteiger partial charge < -0.3 is 0 Å². The van der Waals surface area contributed by atoms with E-state index >= 15 is 0 Å².